The van der Waals surface area contributed by atoms with Crippen molar-refractivity contribution in [1.29, 1.82) is 0 Å². The van der Waals surface area contributed by atoms with Crippen LogP contribution in [0.3, 0.4) is 0 Å². The Morgan fingerprint density at radius 3 is 2.30 bits per heavy atom. The van der Waals surface area contributed by atoms with Crippen molar-refractivity contribution in [3.8, 4) is 11.1 Å². The van der Waals surface area contributed by atoms with Crippen LogP contribution in [-0.4, -0.2) is 175 Å². The lowest BCUT2D eigenvalue weighted by Crippen LogP contribution is -2.64. The number of nitrogens with zero attached hydrogens (tertiary/aromatic N) is 9. The Bertz CT molecular complexity index is 4020. The van der Waals surface area contributed by atoms with E-state index in [1.54, 1.807) is 31.4 Å². The molecule has 6 heterocycles. The lowest BCUT2D eigenvalue weighted by atomic mass is 9.39. The summed E-state index contributed by atoms with van der Waals surface area (Å²) < 4.78 is 22.4. The van der Waals surface area contributed by atoms with Crippen molar-refractivity contribution in [1.82, 2.24) is 55.7 Å². The number of carbonyl (C=O) groups is 7. The topological polar surface area (TPSA) is 353 Å². The predicted molar refractivity (Wildman–Crippen MR) is 386 cm³/mol. The third-order valence-corrected chi connectivity index (χ3v) is 21.6. The van der Waals surface area contributed by atoms with Crippen molar-refractivity contribution in [3.63, 3.8) is 0 Å². The zero-order valence-corrected chi connectivity index (χ0v) is 60.3. The van der Waals surface area contributed by atoms with Gasteiger partial charge in [0.15, 0.2) is 22.5 Å². The first-order valence-electron chi connectivity index (χ1n) is 35.6. The molecule has 4 saturated carbocycles. The molecule has 12 rings (SSSR count). The van der Waals surface area contributed by atoms with Gasteiger partial charge in [0.2, 0.25) is 17.7 Å². The van der Waals surface area contributed by atoms with Gasteiger partial charge in [0.05, 0.1) is 55.0 Å². The Morgan fingerprint density at radius 2 is 1.59 bits per heavy atom. The second-order valence-electron chi connectivity index (χ2n) is 29.6. The summed E-state index contributed by atoms with van der Waals surface area (Å²) in [6.45, 7) is 18.3. The highest BCUT2D eigenvalue weighted by atomic mass is 32.1. The first-order valence-corrected chi connectivity index (χ1v) is 36.4. The smallest absolute Gasteiger partial charge is 0.355 e. The SMILES string of the molecule is Cc1c(Nc2nc3ccccc3s2)nnc2c1CCCN2c1ccc(-c2cnn(CC34CC5(OCCN(CCCO)C(C)OCc6ccc(NC(=O)C[C@H](CCCNC(N)=O)CNC(=O)[C@@H](NC(=O)CCOCCN7C(=O)C=CC7=O)C(C)C)cc6)C[C@](C)(C3)C[C@](C)(C4)C5)c2C)c(C(=O)O)n1. The number of carboxylic acids is 1. The molecular formula is C74H97N15O12S. The molecule has 7 amide bonds. The van der Waals surface area contributed by atoms with E-state index in [0.29, 0.717) is 80.8 Å². The van der Waals surface area contributed by atoms with Gasteiger partial charge in [-0.15, -0.1) is 10.2 Å². The number of pyridine rings is 1. The Balaban J connectivity index is 0.669. The number of rotatable bonds is 36. The molecule has 0 saturated heterocycles. The second kappa shape index (κ2) is 32.3. The molecular weight excluding hydrogens is 1320 g/mol. The van der Waals surface area contributed by atoms with Gasteiger partial charge >= 0.3 is 12.0 Å². The fraction of sp³-hybridized carbons (Fsp3) is 0.541. The number of aromatic nitrogens is 6. The minimum atomic E-state index is -1.13. The lowest BCUT2D eigenvalue weighted by Gasteiger charge is -2.69. The van der Waals surface area contributed by atoms with E-state index in [-0.39, 0.29) is 110 Å². The number of nitrogens with two attached hydrogens (primary N) is 1. The number of aromatic carboxylic acids is 1. The van der Waals surface area contributed by atoms with Crippen LogP contribution in [0.15, 0.2) is 79.0 Å². The van der Waals surface area contributed by atoms with Crippen LogP contribution in [0, 0.1) is 41.9 Å². The van der Waals surface area contributed by atoms with E-state index in [9.17, 15) is 43.8 Å². The molecule has 27 nitrogen and oxygen atoms in total. The summed E-state index contributed by atoms with van der Waals surface area (Å²) in [5.74, 6) is -1.91. The maximum atomic E-state index is 13.6. The molecule has 102 heavy (non-hydrogen) atoms. The molecule has 6 aromatic rings. The molecule has 0 spiro atoms. The molecule has 7 atom stereocenters. The lowest BCUT2D eigenvalue weighted by molar-refractivity contribution is -0.250. The highest BCUT2D eigenvalue weighted by molar-refractivity contribution is 7.22. The van der Waals surface area contributed by atoms with E-state index in [4.69, 9.17) is 40.1 Å². The van der Waals surface area contributed by atoms with Gasteiger partial charge in [0, 0.05) is 105 Å². The molecule has 2 aliphatic heterocycles. The Morgan fingerprint density at radius 1 is 0.833 bits per heavy atom. The number of aliphatic hydroxyl groups is 1. The number of nitrogens with one attached hydrogen (secondary N) is 5. The number of aliphatic hydroxyl groups excluding tert-OH is 1. The first kappa shape index (κ1) is 74.4. The third kappa shape index (κ3) is 18.0. The Hall–Kier alpha value is -8.80. The summed E-state index contributed by atoms with van der Waals surface area (Å²) in [5.41, 5.74) is 11.3. The molecule has 6 aliphatic rings. The van der Waals surface area contributed by atoms with Gasteiger partial charge < -0.3 is 61.6 Å². The normalized spacial score (nSPS) is 21.4. The molecule has 546 valence electrons. The van der Waals surface area contributed by atoms with Crippen LogP contribution < -0.4 is 37.2 Å². The highest BCUT2D eigenvalue weighted by Gasteiger charge is 2.66. The van der Waals surface area contributed by atoms with Crippen LogP contribution in [0.25, 0.3) is 21.3 Å². The maximum Gasteiger partial charge on any atom is 0.355 e. The number of para-hydroxylation sites is 1. The molecule has 0 radical (unpaired) electrons. The van der Waals surface area contributed by atoms with E-state index in [2.05, 4.69) is 55.1 Å². The summed E-state index contributed by atoms with van der Waals surface area (Å²) in [6, 6.07) is 17.6. The van der Waals surface area contributed by atoms with Crippen molar-refractivity contribution < 1.29 is 58.0 Å². The van der Waals surface area contributed by atoms with Crippen LogP contribution in [0.2, 0.25) is 0 Å². The summed E-state index contributed by atoms with van der Waals surface area (Å²) in [5, 5.41) is 50.5. The summed E-state index contributed by atoms with van der Waals surface area (Å²) in [6.07, 6.45) is 13.0. The molecule has 2 aromatic carbocycles. The van der Waals surface area contributed by atoms with Gasteiger partial charge in [0.1, 0.15) is 18.1 Å². The molecule has 4 fully saturated rings. The van der Waals surface area contributed by atoms with Crippen LogP contribution >= 0.6 is 11.3 Å². The third-order valence-electron chi connectivity index (χ3n) is 20.7. The monoisotopic (exact) mass is 1420 g/mol. The molecule has 4 aliphatic carbocycles. The number of hydrogen-bond acceptors (Lipinski definition) is 20. The maximum absolute atomic E-state index is 13.6. The van der Waals surface area contributed by atoms with Crippen molar-refractivity contribution in [2.24, 2.45) is 33.8 Å². The number of hydrogen-bond donors (Lipinski definition) is 8. The van der Waals surface area contributed by atoms with Gasteiger partial charge in [-0.25, -0.2) is 19.6 Å². The minimum absolute atomic E-state index is 0.0153. The molecule has 28 heteroatoms. The number of amides is 7. The van der Waals surface area contributed by atoms with Gasteiger partial charge in [-0.1, -0.05) is 63.3 Å². The second-order valence-corrected chi connectivity index (χ2v) is 30.6. The van der Waals surface area contributed by atoms with Crippen molar-refractivity contribution in [2.75, 3.05) is 81.2 Å². The van der Waals surface area contributed by atoms with Crippen molar-refractivity contribution >= 4 is 91.4 Å². The Labute approximate surface area is 598 Å². The van der Waals surface area contributed by atoms with Crippen LogP contribution in [-0.2, 0) is 57.8 Å². The minimum Gasteiger partial charge on any atom is -0.476 e. The van der Waals surface area contributed by atoms with Crippen LogP contribution in [0.5, 0.6) is 0 Å². The predicted octanol–water partition coefficient (Wildman–Crippen LogP) is 8.85. The van der Waals surface area contributed by atoms with Crippen LogP contribution in [0.4, 0.5) is 33.1 Å². The average Bonchev–Trinajstić information content (AvgIpc) is 0.740. The van der Waals surface area contributed by atoms with E-state index in [1.807, 2.05) is 86.3 Å². The number of carbonyl (C=O) groups excluding carboxylic acids is 6. The summed E-state index contributed by atoms with van der Waals surface area (Å²) >= 11 is 1.55. The van der Waals surface area contributed by atoms with E-state index in [1.165, 1.54) is 12.2 Å². The van der Waals surface area contributed by atoms with Gasteiger partial charge in [-0.2, -0.15) is 5.10 Å². The number of fused-ring (bicyclic) bond motifs is 2. The fourth-order valence-corrected chi connectivity index (χ4v) is 17.8. The Kier molecular flexibility index (Phi) is 23.5. The summed E-state index contributed by atoms with van der Waals surface area (Å²) in [7, 11) is 0. The fourth-order valence-electron chi connectivity index (χ4n) is 17.0. The zero-order valence-electron chi connectivity index (χ0n) is 59.5. The van der Waals surface area contributed by atoms with Crippen LogP contribution in [0.1, 0.15) is 145 Å². The number of benzene rings is 2. The zero-order chi connectivity index (χ0) is 72.5. The quantitative estimate of drug-likeness (QED) is 0.0103. The van der Waals surface area contributed by atoms with E-state index < -0.39 is 41.7 Å². The molecule has 4 bridgehead atoms. The molecule has 3 unspecified atom stereocenters. The first-order chi connectivity index (χ1) is 48.8. The number of urea groups is 1. The standard InChI is InChI=1S/C74H97N15O12S/c1-46(2)63(82-59(91)25-32-99-33-30-88-61(93)23-24-62(88)94)67(95)77-36-51(13-10-26-76-69(75)98)35-60(92)79-52-19-17-50(18-20-52)38-100-49(5)86(27-12-31-90)29-34-101-74-42-71(6)39-72(7,43-74)41-73(40-71,44-74)45-89-48(4)55(37-78-89)54-21-22-58(81-64(54)68(96)97)87-28-11-14-53-47(3)65(84-85-66(53)87)83-70-80-56-15-8-9-16-57(56)102-70/h8-9,15-24,37,46,49,51,63,90H,10-14,25-36,38-45H2,1-7H3,(H,77,95)(H,79,92)(H,82,91)(H,96,97)(H3,75,76,98)(H,80,83,84)/t49?,51-,63-,71-,72+,73?,74?/m0/s1. The van der Waals surface area contributed by atoms with Gasteiger partial charge in [-0.05, 0) is 161 Å². The van der Waals surface area contributed by atoms with Gasteiger partial charge in [0.25, 0.3) is 11.8 Å². The van der Waals surface area contributed by atoms with E-state index >= 15 is 0 Å². The molecule has 4 aromatic heterocycles. The largest absolute Gasteiger partial charge is 0.476 e. The number of carboxylic acid groups (broad SMARTS) is 1. The number of imide groups is 1. The average molecular weight is 1420 g/mol. The number of thiazole rings is 1. The number of anilines is 5. The van der Waals surface area contributed by atoms with Crippen molar-refractivity contribution in [3.05, 3.63) is 107 Å². The number of primary amides is 1. The molecule has 9 N–H and O–H groups in total. The van der Waals surface area contributed by atoms with Crippen molar-refractivity contribution in [2.45, 2.75) is 163 Å². The van der Waals surface area contributed by atoms with E-state index in [0.717, 1.165) is 99.6 Å². The number of ether oxygens (including phenoxy) is 3. The highest BCUT2D eigenvalue weighted by Crippen LogP contribution is 2.72. The summed E-state index contributed by atoms with van der Waals surface area (Å²) in [4.78, 5) is 103. The van der Waals surface area contributed by atoms with Gasteiger partial charge in [-0.3, -0.25) is 38.5 Å².